The molecule has 1 unspecified atom stereocenters. The second-order valence-corrected chi connectivity index (χ2v) is 4.58. The van der Waals surface area contributed by atoms with Crippen LogP contribution in [0.2, 0.25) is 0 Å². The highest BCUT2D eigenvalue weighted by Crippen LogP contribution is 2.32. The highest BCUT2D eigenvalue weighted by Gasteiger charge is 2.22. The van der Waals surface area contributed by atoms with Gasteiger partial charge in [-0.1, -0.05) is 22.0 Å². The molecule has 0 aliphatic carbocycles. The molecule has 0 saturated carbocycles. The largest absolute Gasteiger partial charge is 0.298 e. The lowest BCUT2D eigenvalue weighted by molar-refractivity contribution is -0.116. The molecule has 1 atom stereocenters. The SMILES string of the molecule is CC(=O)C(Cl)c1c(Br)cccc1C(=O)Cl. The van der Waals surface area contributed by atoms with Gasteiger partial charge in [-0.2, -0.15) is 0 Å². The number of rotatable bonds is 3. The van der Waals surface area contributed by atoms with Gasteiger partial charge >= 0.3 is 0 Å². The van der Waals surface area contributed by atoms with Gasteiger partial charge in [0.1, 0.15) is 5.38 Å². The number of carbonyl (C=O) groups excluding carboxylic acids is 2. The van der Waals surface area contributed by atoms with Crippen LogP contribution in [0, 0.1) is 0 Å². The van der Waals surface area contributed by atoms with E-state index in [1.807, 2.05) is 0 Å². The molecular weight excluding hydrogens is 303 g/mol. The van der Waals surface area contributed by atoms with E-state index in [2.05, 4.69) is 15.9 Å². The molecule has 0 radical (unpaired) electrons. The van der Waals surface area contributed by atoms with Crippen molar-refractivity contribution in [3.63, 3.8) is 0 Å². The van der Waals surface area contributed by atoms with Crippen LogP contribution in [0.1, 0.15) is 28.2 Å². The number of Topliss-reactive ketones (excluding diaryl/α,β-unsaturated/α-hetero) is 1. The van der Waals surface area contributed by atoms with E-state index >= 15 is 0 Å². The predicted molar refractivity (Wildman–Crippen MR) is 63.6 cm³/mol. The zero-order chi connectivity index (χ0) is 11.6. The fourth-order valence-electron chi connectivity index (χ4n) is 1.17. The second kappa shape index (κ2) is 5.10. The smallest absolute Gasteiger partial charge is 0.252 e. The van der Waals surface area contributed by atoms with Crippen molar-refractivity contribution in [2.24, 2.45) is 0 Å². The Morgan fingerprint density at radius 1 is 1.40 bits per heavy atom. The quantitative estimate of drug-likeness (QED) is 0.630. The van der Waals surface area contributed by atoms with Crippen LogP contribution in [0.5, 0.6) is 0 Å². The summed E-state index contributed by atoms with van der Waals surface area (Å²) in [5, 5.41) is -1.49. The number of benzene rings is 1. The van der Waals surface area contributed by atoms with E-state index < -0.39 is 10.6 Å². The van der Waals surface area contributed by atoms with E-state index in [0.717, 1.165) is 0 Å². The van der Waals surface area contributed by atoms with Gasteiger partial charge in [0.15, 0.2) is 5.78 Å². The number of carbonyl (C=O) groups is 2. The summed E-state index contributed by atoms with van der Waals surface area (Å²) in [6.45, 7) is 1.36. The molecule has 15 heavy (non-hydrogen) atoms. The Bertz CT molecular complexity index is 418. The highest BCUT2D eigenvalue weighted by molar-refractivity contribution is 9.10. The van der Waals surface area contributed by atoms with Gasteiger partial charge < -0.3 is 0 Å². The van der Waals surface area contributed by atoms with Crippen LogP contribution in [-0.4, -0.2) is 11.0 Å². The van der Waals surface area contributed by atoms with Crippen molar-refractivity contribution >= 4 is 50.2 Å². The molecule has 80 valence electrons. The molecule has 0 saturated heterocycles. The maximum Gasteiger partial charge on any atom is 0.252 e. The lowest BCUT2D eigenvalue weighted by Crippen LogP contribution is -2.07. The molecule has 0 N–H and O–H groups in total. The summed E-state index contributed by atoms with van der Waals surface area (Å²) in [6.07, 6.45) is 0. The Morgan fingerprint density at radius 2 is 2.00 bits per heavy atom. The molecule has 0 spiro atoms. The Morgan fingerprint density at radius 3 is 2.47 bits per heavy atom. The van der Waals surface area contributed by atoms with E-state index in [1.54, 1.807) is 12.1 Å². The minimum atomic E-state index is -0.863. The number of alkyl halides is 1. The van der Waals surface area contributed by atoms with E-state index in [-0.39, 0.29) is 11.3 Å². The summed E-state index contributed by atoms with van der Waals surface area (Å²) in [5.41, 5.74) is 0.674. The van der Waals surface area contributed by atoms with Gasteiger partial charge in [0, 0.05) is 15.6 Å². The van der Waals surface area contributed by atoms with Crippen molar-refractivity contribution in [2.45, 2.75) is 12.3 Å². The first-order valence-corrected chi connectivity index (χ1v) is 5.68. The van der Waals surface area contributed by atoms with Crippen LogP contribution in [0.25, 0.3) is 0 Å². The third-order valence-electron chi connectivity index (χ3n) is 1.88. The van der Waals surface area contributed by atoms with Gasteiger partial charge in [0.05, 0.1) is 0 Å². The molecule has 1 aromatic rings. The van der Waals surface area contributed by atoms with E-state index in [0.29, 0.717) is 10.0 Å². The van der Waals surface area contributed by atoms with Crippen molar-refractivity contribution < 1.29 is 9.59 Å². The Kier molecular flexibility index (Phi) is 4.32. The van der Waals surface area contributed by atoms with E-state index in [9.17, 15) is 9.59 Å². The Labute approximate surface area is 106 Å². The maximum absolute atomic E-state index is 11.2. The number of hydrogen-bond donors (Lipinski definition) is 0. The van der Waals surface area contributed by atoms with Crippen LogP contribution >= 0.6 is 39.1 Å². The lowest BCUT2D eigenvalue weighted by Gasteiger charge is -2.11. The van der Waals surface area contributed by atoms with Gasteiger partial charge in [-0.05, 0) is 30.7 Å². The van der Waals surface area contributed by atoms with E-state index in [1.165, 1.54) is 13.0 Å². The van der Waals surface area contributed by atoms with Crippen molar-refractivity contribution in [3.8, 4) is 0 Å². The molecule has 0 fully saturated rings. The normalized spacial score (nSPS) is 12.3. The fraction of sp³-hybridized carbons (Fsp3) is 0.200. The molecule has 0 aliphatic rings. The number of ketones is 1. The standard InChI is InChI=1S/C10H7BrCl2O2/c1-5(14)9(12)8-6(10(13)15)3-2-4-7(8)11/h2-4,9H,1H3. The molecule has 2 nitrogen and oxygen atoms in total. The molecule has 1 aromatic carbocycles. The third-order valence-corrected chi connectivity index (χ3v) is 3.30. The summed E-state index contributed by atoms with van der Waals surface area (Å²) < 4.78 is 0.601. The van der Waals surface area contributed by atoms with Gasteiger partial charge in [0.2, 0.25) is 0 Å². The summed E-state index contributed by atoms with van der Waals surface area (Å²) in [5.74, 6) is -0.234. The summed E-state index contributed by atoms with van der Waals surface area (Å²) in [7, 11) is 0. The average molecular weight is 310 g/mol. The van der Waals surface area contributed by atoms with Gasteiger partial charge in [-0.3, -0.25) is 9.59 Å². The van der Waals surface area contributed by atoms with Crippen LogP contribution in [0.15, 0.2) is 22.7 Å². The first kappa shape index (κ1) is 12.7. The first-order valence-electron chi connectivity index (χ1n) is 4.08. The van der Waals surface area contributed by atoms with Crippen LogP contribution in [0.3, 0.4) is 0 Å². The molecule has 1 rings (SSSR count). The topological polar surface area (TPSA) is 34.1 Å². The average Bonchev–Trinajstić information content (AvgIpc) is 2.16. The van der Waals surface area contributed by atoms with Gasteiger partial charge in [-0.25, -0.2) is 0 Å². The molecule has 0 aromatic heterocycles. The summed E-state index contributed by atoms with van der Waals surface area (Å²) in [6, 6.07) is 4.90. The van der Waals surface area contributed by atoms with Crippen molar-refractivity contribution in [2.75, 3.05) is 0 Å². The number of hydrogen-bond acceptors (Lipinski definition) is 2. The Balaban J connectivity index is 3.37. The highest BCUT2D eigenvalue weighted by atomic mass is 79.9. The maximum atomic E-state index is 11.2. The zero-order valence-electron chi connectivity index (χ0n) is 7.76. The van der Waals surface area contributed by atoms with Crippen LogP contribution in [-0.2, 0) is 4.79 Å². The minimum Gasteiger partial charge on any atom is -0.298 e. The van der Waals surface area contributed by atoms with Crippen molar-refractivity contribution in [3.05, 3.63) is 33.8 Å². The lowest BCUT2D eigenvalue weighted by atomic mass is 10.0. The zero-order valence-corrected chi connectivity index (χ0v) is 10.9. The van der Waals surface area contributed by atoms with Crippen LogP contribution in [0.4, 0.5) is 0 Å². The summed E-state index contributed by atoms with van der Waals surface area (Å²) in [4.78, 5) is 22.3. The minimum absolute atomic E-state index is 0.234. The molecule has 0 heterocycles. The molecule has 0 aliphatic heterocycles. The molecular formula is C10H7BrCl2O2. The predicted octanol–water partition coefficient (Wildman–Crippen LogP) is 3.70. The molecule has 0 bridgehead atoms. The molecule has 0 amide bonds. The molecule has 5 heteroatoms. The van der Waals surface area contributed by atoms with Crippen molar-refractivity contribution in [1.82, 2.24) is 0 Å². The van der Waals surface area contributed by atoms with E-state index in [4.69, 9.17) is 23.2 Å². The first-order chi connectivity index (χ1) is 6.95. The van der Waals surface area contributed by atoms with Crippen LogP contribution < -0.4 is 0 Å². The monoisotopic (exact) mass is 308 g/mol. The van der Waals surface area contributed by atoms with Gasteiger partial charge in [-0.15, -0.1) is 11.6 Å². The number of halogens is 3. The third kappa shape index (κ3) is 2.80. The summed E-state index contributed by atoms with van der Waals surface area (Å²) >= 11 is 14.5. The Hall–Kier alpha value is -0.380. The fourth-order valence-corrected chi connectivity index (χ4v) is 2.30. The van der Waals surface area contributed by atoms with Gasteiger partial charge in [0.25, 0.3) is 5.24 Å². The second-order valence-electron chi connectivity index (χ2n) is 2.95. The van der Waals surface area contributed by atoms with Crippen molar-refractivity contribution in [1.29, 1.82) is 0 Å².